The molecular weight excluding hydrogens is 252 g/mol. The number of rotatable bonds is 4. The Hall–Kier alpha value is -2.18. The van der Waals surface area contributed by atoms with Gasteiger partial charge >= 0.3 is 11.9 Å². The van der Waals surface area contributed by atoms with Gasteiger partial charge in [0.25, 0.3) is 0 Å². The van der Waals surface area contributed by atoms with Crippen molar-refractivity contribution in [3.63, 3.8) is 0 Å². The number of carboxylic acids is 1. The minimum Gasteiger partial charge on any atom is -0.478 e. The lowest BCUT2D eigenvalue weighted by Gasteiger charge is -2.08. The van der Waals surface area contributed by atoms with Crippen LogP contribution in [0.5, 0.6) is 0 Å². The van der Waals surface area contributed by atoms with Gasteiger partial charge in [-0.2, -0.15) is 0 Å². The standard InChI is InChI=1S/C11H10O4.C2H4O2/c1-2-7-15-11(14)9-6-4-3-5-8(9)10(12)13;1-2-4-3-1/h2-6H,1,7H2,(H,12,13);1-2H2. The highest BCUT2D eigenvalue weighted by Gasteiger charge is 2.16. The number of aromatic carboxylic acids is 1. The Labute approximate surface area is 110 Å². The molecule has 0 aromatic heterocycles. The van der Waals surface area contributed by atoms with Gasteiger partial charge in [-0.25, -0.2) is 19.4 Å². The summed E-state index contributed by atoms with van der Waals surface area (Å²) in [4.78, 5) is 30.6. The molecule has 1 heterocycles. The normalized spacial score (nSPS) is 12.4. The topological polar surface area (TPSA) is 82.1 Å². The van der Waals surface area contributed by atoms with Crippen LogP contribution >= 0.6 is 0 Å². The van der Waals surface area contributed by atoms with Crippen molar-refractivity contribution in [1.82, 2.24) is 0 Å². The number of carbonyl (C=O) groups excluding carboxylic acids is 1. The minimum absolute atomic E-state index is 0.0480. The molecule has 0 saturated carbocycles. The van der Waals surface area contributed by atoms with Crippen molar-refractivity contribution in [1.29, 1.82) is 0 Å². The third-order valence-electron chi connectivity index (χ3n) is 2.04. The van der Waals surface area contributed by atoms with Gasteiger partial charge in [0.2, 0.25) is 0 Å². The Morgan fingerprint density at radius 1 is 1.26 bits per heavy atom. The highest BCUT2D eigenvalue weighted by Crippen LogP contribution is 2.10. The van der Waals surface area contributed by atoms with Crippen molar-refractivity contribution < 1.29 is 29.2 Å². The van der Waals surface area contributed by atoms with Crippen LogP contribution in [0.15, 0.2) is 36.9 Å². The lowest BCUT2D eigenvalue weighted by molar-refractivity contribution is -0.382. The number of benzene rings is 1. The maximum absolute atomic E-state index is 11.4. The Bertz CT molecular complexity index is 446. The molecule has 0 radical (unpaired) electrons. The molecule has 0 spiro atoms. The van der Waals surface area contributed by atoms with Crippen LogP contribution in [-0.4, -0.2) is 36.9 Å². The first-order valence-electron chi connectivity index (χ1n) is 5.51. The number of hydrogen-bond donors (Lipinski definition) is 1. The second-order valence-electron chi connectivity index (χ2n) is 3.38. The summed E-state index contributed by atoms with van der Waals surface area (Å²) >= 11 is 0. The van der Waals surface area contributed by atoms with E-state index in [4.69, 9.17) is 9.84 Å². The van der Waals surface area contributed by atoms with Crippen molar-refractivity contribution in [2.45, 2.75) is 0 Å². The molecule has 1 aromatic rings. The van der Waals surface area contributed by atoms with E-state index in [9.17, 15) is 9.59 Å². The number of esters is 1. The molecular formula is C13H14O6. The van der Waals surface area contributed by atoms with E-state index in [0.717, 1.165) is 13.2 Å². The number of hydrogen-bond acceptors (Lipinski definition) is 5. The molecule has 1 aromatic carbocycles. The molecule has 1 aliphatic rings. The van der Waals surface area contributed by atoms with Gasteiger partial charge in [0, 0.05) is 0 Å². The molecule has 0 unspecified atom stereocenters. The molecule has 19 heavy (non-hydrogen) atoms. The first-order chi connectivity index (χ1) is 9.16. The van der Waals surface area contributed by atoms with E-state index in [1.54, 1.807) is 12.1 Å². The zero-order valence-corrected chi connectivity index (χ0v) is 10.2. The fourth-order valence-corrected chi connectivity index (χ4v) is 1.14. The van der Waals surface area contributed by atoms with E-state index < -0.39 is 11.9 Å². The molecule has 0 amide bonds. The summed E-state index contributed by atoms with van der Waals surface area (Å²) in [5.74, 6) is -1.81. The molecule has 102 valence electrons. The van der Waals surface area contributed by atoms with E-state index in [1.165, 1.54) is 18.2 Å². The third kappa shape index (κ3) is 4.90. The average Bonchev–Trinajstić information content (AvgIpc) is 2.33. The van der Waals surface area contributed by atoms with Gasteiger partial charge in [-0.15, -0.1) is 0 Å². The summed E-state index contributed by atoms with van der Waals surface area (Å²) in [5.41, 5.74) is -0.0154. The molecule has 6 heteroatoms. The van der Waals surface area contributed by atoms with E-state index in [2.05, 4.69) is 16.4 Å². The van der Waals surface area contributed by atoms with Crippen molar-refractivity contribution in [2.75, 3.05) is 19.8 Å². The van der Waals surface area contributed by atoms with Gasteiger partial charge in [0.05, 0.1) is 11.1 Å². The molecule has 0 atom stereocenters. The molecule has 1 N–H and O–H groups in total. The summed E-state index contributed by atoms with van der Waals surface area (Å²) in [6.07, 6.45) is 1.42. The summed E-state index contributed by atoms with van der Waals surface area (Å²) in [6, 6.07) is 5.90. The summed E-state index contributed by atoms with van der Waals surface area (Å²) in [6.45, 7) is 5.01. The molecule has 1 saturated heterocycles. The predicted octanol–water partition coefficient (Wildman–Crippen LogP) is 1.68. The number of ether oxygens (including phenoxy) is 1. The SMILES string of the molecule is C1COO1.C=CCOC(=O)c1ccccc1C(=O)O. The maximum atomic E-state index is 11.4. The first kappa shape index (κ1) is 14.9. The van der Waals surface area contributed by atoms with Crippen LogP contribution in [0, 0.1) is 0 Å². The van der Waals surface area contributed by atoms with Gasteiger partial charge in [-0.3, -0.25) is 0 Å². The van der Waals surface area contributed by atoms with Gasteiger partial charge in [0.1, 0.15) is 19.8 Å². The quantitative estimate of drug-likeness (QED) is 0.507. The summed E-state index contributed by atoms with van der Waals surface area (Å²) in [5, 5.41) is 8.81. The van der Waals surface area contributed by atoms with Crippen LogP contribution in [0.4, 0.5) is 0 Å². The van der Waals surface area contributed by atoms with Crippen LogP contribution in [0.1, 0.15) is 20.7 Å². The zero-order valence-electron chi connectivity index (χ0n) is 10.2. The first-order valence-corrected chi connectivity index (χ1v) is 5.51. The summed E-state index contributed by atoms with van der Waals surface area (Å²) in [7, 11) is 0. The highest BCUT2D eigenvalue weighted by atomic mass is 17.2. The largest absolute Gasteiger partial charge is 0.478 e. The van der Waals surface area contributed by atoms with E-state index in [-0.39, 0.29) is 17.7 Å². The smallest absolute Gasteiger partial charge is 0.339 e. The molecule has 2 rings (SSSR count). The van der Waals surface area contributed by atoms with Gasteiger partial charge < -0.3 is 9.84 Å². The highest BCUT2D eigenvalue weighted by molar-refractivity contribution is 6.02. The van der Waals surface area contributed by atoms with Crippen LogP contribution < -0.4 is 0 Å². The lowest BCUT2D eigenvalue weighted by atomic mass is 10.1. The van der Waals surface area contributed by atoms with Crippen molar-refractivity contribution >= 4 is 11.9 Å². The maximum Gasteiger partial charge on any atom is 0.339 e. The Morgan fingerprint density at radius 2 is 1.79 bits per heavy atom. The van der Waals surface area contributed by atoms with E-state index in [1.807, 2.05) is 0 Å². The van der Waals surface area contributed by atoms with Crippen LogP contribution in [0.2, 0.25) is 0 Å². The van der Waals surface area contributed by atoms with Crippen molar-refractivity contribution in [3.05, 3.63) is 48.0 Å². The van der Waals surface area contributed by atoms with Gasteiger partial charge in [-0.05, 0) is 12.1 Å². The summed E-state index contributed by atoms with van der Waals surface area (Å²) < 4.78 is 4.75. The molecule has 0 bridgehead atoms. The monoisotopic (exact) mass is 266 g/mol. The lowest BCUT2D eigenvalue weighted by Crippen LogP contribution is -2.14. The van der Waals surface area contributed by atoms with Crippen molar-refractivity contribution in [2.24, 2.45) is 0 Å². The van der Waals surface area contributed by atoms with Gasteiger partial charge in [0.15, 0.2) is 0 Å². The van der Waals surface area contributed by atoms with E-state index >= 15 is 0 Å². The number of carbonyl (C=O) groups is 2. The third-order valence-corrected chi connectivity index (χ3v) is 2.04. The average molecular weight is 266 g/mol. The zero-order chi connectivity index (χ0) is 14.1. The van der Waals surface area contributed by atoms with Crippen LogP contribution in [-0.2, 0) is 14.5 Å². The number of carboxylic acid groups (broad SMARTS) is 1. The van der Waals surface area contributed by atoms with E-state index in [0.29, 0.717) is 0 Å². The Morgan fingerprint density at radius 3 is 2.21 bits per heavy atom. The second kappa shape index (κ2) is 8.02. The van der Waals surface area contributed by atoms with Crippen LogP contribution in [0.25, 0.3) is 0 Å². The molecule has 0 aliphatic carbocycles. The van der Waals surface area contributed by atoms with Gasteiger partial charge in [-0.1, -0.05) is 24.8 Å². The Balaban J connectivity index is 0.000000382. The fourth-order valence-electron chi connectivity index (χ4n) is 1.14. The molecule has 1 aliphatic heterocycles. The van der Waals surface area contributed by atoms with Crippen LogP contribution in [0.3, 0.4) is 0 Å². The van der Waals surface area contributed by atoms with Crippen molar-refractivity contribution in [3.8, 4) is 0 Å². The fraction of sp³-hybridized carbons (Fsp3) is 0.231. The minimum atomic E-state index is -1.15. The predicted molar refractivity (Wildman–Crippen MR) is 65.8 cm³/mol. The molecule has 6 nitrogen and oxygen atoms in total. The Kier molecular flexibility index (Phi) is 6.28. The second-order valence-corrected chi connectivity index (χ2v) is 3.38. The molecule has 1 fully saturated rings.